The van der Waals surface area contributed by atoms with Crippen LogP contribution in [-0.2, 0) is 4.74 Å². The van der Waals surface area contributed by atoms with Crippen LogP contribution in [0.4, 0.5) is 0 Å². The lowest BCUT2D eigenvalue weighted by molar-refractivity contribution is -0.0919. The third-order valence-corrected chi connectivity index (χ3v) is 2.47. The third kappa shape index (κ3) is 3.51. The van der Waals surface area contributed by atoms with Crippen LogP contribution in [0.25, 0.3) is 0 Å². The van der Waals surface area contributed by atoms with E-state index in [0.717, 1.165) is 0 Å². The molecule has 0 heterocycles. The molecule has 4 N–H and O–H groups in total. The van der Waals surface area contributed by atoms with E-state index < -0.39 is 18.3 Å². The zero-order valence-corrected chi connectivity index (χ0v) is 8.04. The summed E-state index contributed by atoms with van der Waals surface area (Å²) in [5.41, 5.74) is 0. The Kier molecular flexibility index (Phi) is 4.77. The second-order valence-electron chi connectivity index (χ2n) is 3.74. The van der Waals surface area contributed by atoms with Gasteiger partial charge in [-0.3, -0.25) is 0 Å². The molecule has 0 aromatic heterocycles. The third-order valence-electron chi connectivity index (χ3n) is 2.47. The van der Waals surface area contributed by atoms with E-state index in [1.54, 1.807) is 0 Å². The molecule has 0 aromatic carbocycles. The van der Waals surface area contributed by atoms with Crippen molar-refractivity contribution in [1.82, 2.24) is 0 Å². The highest BCUT2D eigenvalue weighted by Crippen LogP contribution is 2.21. The Hall–Kier alpha value is -0.200. The normalized spacial score (nSPS) is 35.6. The van der Waals surface area contributed by atoms with Crippen LogP contribution < -0.4 is 0 Å². The Morgan fingerprint density at radius 3 is 2.50 bits per heavy atom. The Bertz CT molecular complexity index is 163. The van der Waals surface area contributed by atoms with Gasteiger partial charge in [-0.25, -0.2) is 0 Å². The molecule has 0 aromatic rings. The molecule has 1 aliphatic carbocycles. The predicted molar refractivity (Wildman–Crippen MR) is 48.7 cm³/mol. The second kappa shape index (κ2) is 5.63. The fourth-order valence-corrected chi connectivity index (χ4v) is 1.54. The quantitative estimate of drug-likeness (QED) is 0.455. The summed E-state index contributed by atoms with van der Waals surface area (Å²) in [6.07, 6.45) is -0.803. The van der Waals surface area contributed by atoms with Crippen LogP contribution in [0.3, 0.4) is 0 Å². The van der Waals surface area contributed by atoms with Crippen LogP contribution in [-0.4, -0.2) is 58.1 Å². The van der Waals surface area contributed by atoms with E-state index in [9.17, 15) is 10.2 Å². The Morgan fingerprint density at radius 2 is 1.93 bits per heavy atom. The topological polar surface area (TPSA) is 90.2 Å². The molecule has 1 fully saturated rings. The van der Waals surface area contributed by atoms with Crippen molar-refractivity contribution in [2.75, 3.05) is 13.2 Å². The number of ether oxygens (including phenoxy) is 1. The summed E-state index contributed by atoms with van der Waals surface area (Å²) in [7, 11) is 0. The second-order valence-corrected chi connectivity index (χ2v) is 3.74. The van der Waals surface area contributed by atoms with Crippen molar-refractivity contribution in [2.24, 2.45) is 0 Å². The van der Waals surface area contributed by atoms with E-state index in [4.69, 9.17) is 14.9 Å². The highest BCUT2D eigenvalue weighted by Gasteiger charge is 2.28. The summed E-state index contributed by atoms with van der Waals surface area (Å²) in [5.74, 6) is 0. The van der Waals surface area contributed by atoms with E-state index >= 15 is 0 Å². The summed E-state index contributed by atoms with van der Waals surface area (Å²) >= 11 is 0. The summed E-state index contributed by atoms with van der Waals surface area (Å²) < 4.78 is 5.27. The standard InChI is InChI=1S/C9H18O5/c10-4-6(11)5-14-7-1-2-8(12)9(13)3-7/h6-13H,1-5H2. The minimum absolute atomic E-state index is 0.0734. The van der Waals surface area contributed by atoms with Crippen LogP contribution >= 0.6 is 0 Å². The molecule has 1 saturated carbocycles. The van der Waals surface area contributed by atoms with E-state index in [-0.39, 0.29) is 19.3 Å². The van der Waals surface area contributed by atoms with Crippen molar-refractivity contribution in [2.45, 2.75) is 43.7 Å². The molecule has 0 aliphatic heterocycles. The number of hydrogen-bond donors (Lipinski definition) is 4. The van der Waals surface area contributed by atoms with Gasteiger partial charge in [-0.1, -0.05) is 0 Å². The zero-order chi connectivity index (χ0) is 10.6. The molecule has 0 amide bonds. The summed E-state index contributed by atoms with van der Waals surface area (Å²) in [5, 5.41) is 36.1. The molecule has 0 bridgehead atoms. The number of aliphatic hydroxyl groups is 4. The molecule has 1 rings (SSSR count). The smallest absolute Gasteiger partial charge is 0.100 e. The van der Waals surface area contributed by atoms with Crippen LogP contribution in [0.15, 0.2) is 0 Å². The van der Waals surface area contributed by atoms with Crippen molar-refractivity contribution >= 4 is 0 Å². The highest BCUT2D eigenvalue weighted by atomic mass is 16.5. The molecular formula is C9H18O5. The average molecular weight is 206 g/mol. The maximum atomic E-state index is 9.33. The molecule has 0 radical (unpaired) electrons. The number of hydrogen-bond acceptors (Lipinski definition) is 5. The minimum atomic E-state index is -0.862. The zero-order valence-electron chi connectivity index (χ0n) is 8.04. The van der Waals surface area contributed by atoms with Gasteiger partial charge in [0.05, 0.1) is 31.5 Å². The van der Waals surface area contributed by atoms with Gasteiger partial charge in [0, 0.05) is 6.42 Å². The monoisotopic (exact) mass is 206 g/mol. The first-order valence-corrected chi connectivity index (χ1v) is 4.90. The Labute approximate surface area is 82.9 Å². The van der Waals surface area contributed by atoms with Gasteiger partial charge in [0.2, 0.25) is 0 Å². The molecule has 0 spiro atoms. The summed E-state index contributed by atoms with van der Waals surface area (Å²) in [6, 6.07) is 0. The van der Waals surface area contributed by atoms with Crippen molar-refractivity contribution in [3.8, 4) is 0 Å². The maximum Gasteiger partial charge on any atom is 0.100 e. The van der Waals surface area contributed by atoms with E-state index in [1.807, 2.05) is 0 Å². The van der Waals surface area contributed by atoms with Crippen molar-refractivity contribution in [3.05, 3.63) is 0 Å². The molecule has 5 nitrogen and oxygen atoms in total. The lowest BCUT2D eigenvalue weighted by Gasteiger charge is -2.30. The van der Waals surface area contributed by atoms with Crippen molar-refractivity contribution in [3.63, 3.8) is 0 Å². The average Bonchev–Trinajstić information content (AvgIpc) is 2.19. The molecule has 4 atom stereocenters. The van der Waals surface area contributed by atoms with Gasteiger partial charge in [-0.05, 0) is 12.8 Å². The molecule has 14 heavy (non-hydrogen) atoms. The van der Waals surface area contributed by atoms with Gasteiger partial charge in [-0.15, -0.1) is 0 Å². The van der Waals surface area contributed by atoms with Crippen molar-refractivity contribution < 1.29 is 25.2 Å². The number of aliphatic hydroxyl groups excluding tert-OH is 4. The van der Waals surface area contributed by atoms with Gasteiger partial charge in [0.15, 0.2) is 0 Å². The van der Waals surface area contributed by atoms with Crippen LogP contribution in [0, 0.1) is 0 Å². The molecule has 1 aliphatic rings. The van der Waals surface area contributed by atoms with Crippen LogP contribution in [0.5, 0.6) is 0 Å². The fraction of sp³-hybridized carbons (Fsp3) is 1.00. The predicted octanol–water partition coefficient (Wildman–Crippen LogP) is -1.37. The SMILES string of the molecule is OCC(O)COC1CCC(O)C(O)C1. The molecule has 0 saturated heterocycles. The largest absolute Gasteiger partial charge is 0.394 e. The Morgan fingerprint density at radius 1 is 1.21 bits per heavy atom. The van der Waals surface area contributed by atoms with Crippen LogP contribution in [0.1, 0.15) is 19.3 Å². The van der Waals surface area contributed by atoms with E-state index in [2.05, 4.69) is 0 Å². The molecule has 4 unspecified atom stereocenters. The lowest BCUT2D eigenvalue weighted by atomic mass is 9.92. The first-order chi connectivity index (χ1) is 6.63. The molecule has 5 heteroatoms. The minimum Gasteiger partial charge on any atom is -0.394 e. The number of rotatable bonds is 4. The molecular weight excluding hydrogens is 188 g/mol. The van der Waals surface area contributed by atoms with Gasteiger partial charge in [-0.2, -0.15) is 0 Å². The van der Waals surface area contributed by atoms with Crippen molar-refractivity contribution in [1.29, 1.82) is 0 Å². The first-order valence-electron chi connectivity index (χ1n) is 4.90. The van der Waals surface area contributed by atoms with E-state index in [0.29, 0.717) is 19.3 Å². The summed E-state index contributed by atoms with van der Waals surface area (Å²) in [6.45, 7) is -0.248. The maximum absolute atomic E-state index is 9.33. The molecule has 84 valence electrons. The van der Waals surface area contributed by atoms with Crippen LogP contribution in [0.2, 0.25) is 0 Å². The fourth-order valence-electron chi connectivity index (χ4n) is 1.54. The van der Waals surface area contributed by atoms with E-state index in [1.165, 1.54) is 0 Å². The lowest BCUT2D eigenvalue weighted by Crippen LogP contribution is -2.38. The van der Waals surface area contributed by atoms with Gasteiger partial charge >= 0.3 is 0 Å². The summed E-state index contributed by atoms with van der Waals surface area (Å²) in [4.78, 5) is 0. The van der Waals surface area contributed by atoms with Gasteiger partial charge in [0.25, 0.3) is 0 Å². The first kappa shape index (κ1) is 11.9. The van der Waals surface area contributed by atoms with Gasteiger partial charge < -0.3 is 25.2 Å². The Balaban J connectivity index is 2.20. The van der Waals surface area contributed by atoms with Gasteiger partial charge in [0.1, 0.15) is 6.10 Å². The highest BCUT2D eigenvalue weighted by molar-refractivity contribution is 4.79.